The van der Waals surface area contributed by atoms with Gasteiger partial charge in [0.2, 0.25) is 12.7 Å². The maximum Gasteiger partial charge on any atom is 0.241 e. The molecule has 0 radical (unpaired) electrons. The van der Waals surface area contributed by atoms with E-state index in [0.717, 1.165) is 42.3 Å². The van der Waals surface area contributed by atoms with Gasteiger partial charge in [0.15, 0.2) is 11.5 Å². The number of carbonyl (C=O) groups excluding carboxylic acids is 1. The van der Waals surface area contributed by atoms with Gasteiger partial charge in [-0.25, -0.2) is 0 Å². The first kappa shape index (κ1) is 18.5. The average molecular weight is 379 g/mol. The Morgan fingerprint density at radius 2 is 2.19 bits per heavy atom. The molecule has 140 valence electrons. The molecule has 1 saturated heterocycles. The summed E-state index contributed by atoms with van der Waals surface area (Å²) in [7, 11) is 0. The standard InChI is InChI=1S/C18H22N4O3.ClH/c23-18(20-9-13-3-4-16-17(8-13)25-12-24-16)11-22-7-5-15(21-22)14-2-1-6-19-10-14;/h3-5,7-8,14,19H,1-2,6,9-12H2,(H,20,23);1H. The number of rotatable bonds is 5. The van der Waals surface area contributed by atoms with Crippen LogP contribution in [0.3, 0.4) is 0 Å². The van der Waals surface area contributed by atoms with Crippen LogP contribution in [0.15, 0.2) is 30.5 Å². The topological polar surface area (TPSA) is 77.4 Å². The Hall–Kier alpha value is -2.25. The highest BCUT2D eigenvalue weighted by Gasteiger charge is 2.18. The maximum atomic E-state index is 12.2. The molecule has 4 rings (SSSR count). The van der Waals surface area contributed by atoms with Gasteiger partial charge >= 0.3 is 0 Å². The second-order valence-electron chi connectivity index (χ2n) is 6.45. The molecule has 1 atom stereocenters. The van der Waals surface area contributed by atoms with Crippen LogP contribution in [0.25, 0.3) is 0 Å². The summed E-state index contributed by atoms with van der Waals surface area (Å²) < 4.78 is 12.3. The van der Waals surface area contributed by atoms with E-state index in [1.165, 1.54) is 6.42 Å². The minimum Gasteiger partial charge on any atom is -0.454 e. The molecule has 1 unspecified atom stereocenters. The molecule has 0 bridgehead atoms. The Balaban J connectivity index is 0.00000196. The molecule has 2 aliphatic heterocycles. The summed E-state index contributed by atoms with van der Waals surface area (Å²) in [6, 6.07) is 7.70. The largest absolute Gasteiger partial charge is 0.454 e. The number of halogens is 1. The van der Waals surface area contributed by atoms with Crippen molar-refractivity contribution in [3.8, 4) is 11.5 Å². The number of aromatic nitrogens is 2. The Morgan fingerprint density at radius 1 is 1.31 bits per heavy atom. The van der Waals surface area contributed by atoms with Crippen LogP contribution < -0.4 is 20.1 Å². The number of carbonyl (C=O) groups is 1. The molecule has 1 aromatic carbocycles. The van der Waals surface area contributed by atoms with Crippen LogP contribution in [0.4, 0.5) is 0 Å². The molecule has 2 aromatic rings. The molecule has 3 heterocycles. The molecule has 7 nitrogen and oxygen atoms in total. The predicted molar refractivity (Wildman–Crippen MR) is 98.7 cm³/mol. The van der Waals surface area contributed by atoms with Crippen LogP contribution in [-0.2, 0) is 17.9 Å². The second kappa shape index (κ2) is 8.42. The zero-order valence-electron chi connectivity index (χ0n) is 14.4. The summed E-state index contributed by atoms with van der Waals surface area (Å²) in [5.41, 5.74) is 2.04. The lowest BCUT2D eigenvalue weighted by Gasteiger charge is -2.20. The molecule has 8 heteroatoms. The molecule has 0 spiro atoms. The molecule has 1 amide bonds. The molecule has 1 fully saturated rings. The zero-order valence-corrected chi connectivity index (χ0v) is 15.3. The lowest BCUT2D eigenvalue weighted by Crippen LogP contribution is -2.29. The summed E-state index contributed by atoms with van der Waals surface area (Å²) >= 11 is 0. The third-order valence-electron chi connectivity index (χ3n) is 4.61. The van der Waals surface area contributed by atoms with E-state index < -0.39 is 0 Å². The first-order valence-electron chi connectivity index (χ1n) is 8.67. The predicted octanol–water partition coefficient (Wildman–Crippen LogP) is 1.82. The fourth-order valence-electron chi connectivity index (χ4n) is 3.24. The van der Waals surface area contributed by atoms with Gasteiger partial charge in [0.1, 0.15) is 6.54 Å². The van der Waals surface area contributed by atoms with Crippen molar-refractivity contribution >= 4 is 18.3 Å². The number of ether oxygens (including phenoxy) is 2. The Bertz CT molecular complexity index is 759. The monoisotopic (exact) mass is 378 g/mol. The molecule has 0 saturated carbocycles. The summed E-state index contributed by atoms with van der Waals surface area (Å²) in [5.74, 6) is 1.86. The molecular weight excluding hydrogens is 356 g/mol. The van der Waals surface area contributed by atoms with Gasteiger partial charge in [-0.2, -0.15) is 5.10 Å². The van der Waals surface area contributed by atoms with Crippen molar-refractivity contribution in [3.05, 3.63) is 41.7 Å². The van der Waals surface area contributed by atoms with E-state index in [2.05, 4.69) is 15.7 Å². The van der Waals surface area contributed by atoms with Gasteiger partial charge in [0.25, 0.3) is 0 Å². The van der Waals surface area contributed by atoms with Crippen molar-refractivity contribution in [2.75, 3.05) is 19.9 Å². The van der Waals surface area contributed by atoms with Crippen molar-refractivity contribution in [1.82, 2.24) is 20.4 Å². The highest BCUT2D eigenvalue weighted by atomic mass is 35.5. The van der Waals surface area contributed by atoms with Crippen LogP contribution in [0.5, 0.6) is 11.5 Å². The van der Waals surface area contributed by atoms with E-state index in [0.29, 0.717) is 12.5 Å². The van der Waals surface area contributed by atoms with Crippen LogP contribution in [0, 0.1) is 0 Å². The van der Waals surface area contributed by atoms with Gasteiger partial charge in [-0.3, -0.25) is 9.48 Å². The van der Waals surface area contributed by atoms with Crippen LogP contribution in [0.2, 0.25) is 0 Å². The van der Waals surface area contributed by atoms with E-state index in [1.807, 2.05) is 30.5 Å². The first-order valence-corrected chi connectivity index (χ1v) is 8.67. The minimum absolute atomic E-state index is 0. The van der Waals surface area contributed by atoms with Gasteiger partial charge in [0.05, 0.1) is 5.69 Å². The van der Waals surface area contributed by atoms with Gasteiger partial charge in [0, 0.05) is 25.2 Å². The number of hydrogen-bond donors (Lipinski definition) is 2. The van der Waals surface area contributed by atoms with Crippen LogP contribution >= 0.6 is 12.4 Å². The number of fused-ring (bicyclic) bond motifs is 1. The molecule has 2 N–H and O–H groups in total. The van der Waals surface area contributed by atoms with E-state index >= 15 is 0 Å². The molecule has 2 aliphatic rings. The Kier molecular flexibility index (Phi) is 6.00. The van der Waals surface area contributed by atoms with Crippen molar-refractivity contribution in [2.24, 2.45) is 0 Å². The van der Waals surface area contributed by atoms with E-state index in [4.69, 9.17) is 9.47 Å². The van der Waals surface area contributed by atoms with Crippen molar-refractivity contribution < 1.29 is 14.3 Å². The Labute approximate surface area is 158 Å². The fourth-order valence-corrected chi connectivity index (χ4v) is 3.24. The quantitative estimate of drug-likeness (QED) is 0.829. The number of nitrogens with zero attached hydrogens (tertiary/aromatic N) is 2. The smallest absolute Gasteiger partial charge is 0.241 e. The van der Waals surface area contributed by atoms with E-state index in [1.54, 1.807) is 4.68 Å². The van der Waals surface area contributed by atoms with Gasteiger partial charge in [-0.05, 0) is 43.1 Å². The number of hydrogen-bond acceptors (Lipinski definition) is 5. The van der Waals surface area contributed by atoms with Crippen molar-refractivity contribution in [2.45, 2.75) is 31.8 Å². The maximum absolute atomic E-state index is 12.2. The lowest BCUT2D eigenvalue weighted by molar-refractivity contribution is -0.122. The fraction of sp³-hybridized carbons (Fsp3) is 0.444. The van der Waals surface area contributed by atoms with E-state index in [9.17, 15) is 4.79 Å². The summed E-state index contributed by atoms with van der Waals surface area (Å²) in [6.45, 7) is 2.98. The highest BCUT2D eigenvalue weighted by Crippen LogP contribution is 2.32. The third kappa shape index (κ3) is 4.28. The Morgan fingerprint density at radius 3 is 3.04 bits per heavy atom. The first-order chi connectivity index (χ1) is 12.3. The van der Waals surface area contributed by atoms with E-state index in [-0.39, 0.29) is 31.7 Å². The van der Waals surface area contributed by atoms with Crippen LogP contribution in [-0.4, -0.2) is 35.6 Å². The molecule has 1 aromatic heterocycles. The molecular formula is C18H23ClN4O3. The minimum atomic E-state index is -0.0610. The number of benzene rings is 1. The van der Waals surface area contributed by atoms with Crippen molar-refractivity contribution in [1.29, 1.82) is 0 Å². The lowest BCUT2D eigenvalue weighted by atomic mass is 9.97. The van der Waals surface area contributed by atoms with Gasteiger partial charge in [-0.1, -0.05) is 6.07 Å². The number of piperidine rings is 1. The second-order valence-corrected chi connectivity index (χ2v) is 6.45. The summed E-state index contributed by atoms with van der Waals surface area (Å²) in [6.07, 6.45) is 4.21. The van der Waals surface area contributed by atoms with Crippen molar-refractivity contribution in [3.63, 3.8) is 0 Å². The highest BCUT2D eigenvalue weighted by molar-refractivity contribution is 5.85. The molecule has 26 heavy (non-hydrogen) atoms. The average Bonchev–Trinajstić information content (AvgIpc) is 3.29. The SMILES string of the molecule is Cl.O=C(Cn1ccc(C2CCCNC2)n1)NCc1ccc2c(c1)OCO2. The molecule has 0 aliphatic carbocycles. The van der Waals surface area contributed by atoms with Gasteiger partial charge < -0.3 is 20.1 Å². The number of nitrogens with one attached hydrogen (secondary N) is 2. The summed E-state index contributed by atoms with van der Waals surface area (Å²) in [5, 5.41) is 10.9. The normalized spacial score (nSPS) is 18.2. The van der Waals surface area contributed by atoms with Gasteiger partial charge in [-0.15, -0.1) is 12.4 Å². The van der Waals surface area contributed by atoms with Crippen LogP contribution in [0.1, 0.15) is 30.0 Å². The third-order valence-corrected chi connectivity index (χ3v) is 4.61. The summed E-state index contributed by atoms with van der Waals surface area (Å²) in [4.78, 5) is 12.2. The number of amides is 1. The zero-order chi connectivity index (χ0) is 17.1.